The first kappa shape index (κ1) is 15.4. The third-order valence-corrected chi connectivity index (χ3v) is 4.79. The highest BCUT2D eigenvalue weighted by Crippen LogP contribution is 2.28. The van der Waals surface area contributed by atoms with Gasteiger partial charge in [-0.2, -0.15) is 0 Å². The van der Waals surface area contributed by atoms with Crippen molar-refractivity contribution in [3.8, 4) is 0 Å². The van der Waals surface area contributed by atoms with Crippen LogP contribution in [-0.4, -0.2) is 10.5 Å². The minimum Gasteiger partial charge on any atom is -0.348 e. The van der Waals surface area contributed by atoms with Crippen LogP contribution in [-0.2, 0) is 13.6 Å². The Morgan fingerprint density at radius 1 is 1.30 bits per heavy atom. The average Bonchev–Trinajstić information content (AvgIpc) is 2.87. The van der Waals surface area contributed by atoms with Crippen molar-refractivity contribution >= 4 is 27.3 Å². The first-order chi connectivity index (χ1) is 11.0. The zero-order valence-electron chi connectivity index (χ0n) is 12.7. The third kappa shape index (κ3) is 2.77. The Morgan fingerprint density at radius 2 is 2.04 bits per heavy atom. The van der Waals surface area contributed by atoms with Crippen LogP contribution in [0.25, 0.3) is 10.1 Å². The van der Waals surface area contributed by atoms with Gasteiger partial charge in [-0.1, -0.05) is 18.2 Å². The van der Waals surface area contributed by atoms with Gasteiger partial charge in [0.05, 0.1) is 10.9 Å². The Morgan fingerprint density at radius 3 is 2.78 bits per heavy atom. The van der Waals surface area contributed by atoms with Gasteiger partial charge in [0.2, 0.25) is 0 Å². The number of aromatic nitrogens is 1. The normalized spacial score (nSPS) is 10.9. The molecule has 2 heterocycles. The quantitative estimate of drug-likeness (QED) is 0.803. The van der Waals surface area contributed by atoms with E-state index in [0.29, 0.717) is 16.5 Å². The fraction of sp³-hybridized carbons (Fsp3) is 0.176. The average molecular weight is 330 g/mol. The van der Waals surface area contributed by atoms with Gasteiger partial charge in [0.15, 0.2) is 0 Å². The molecule has 118 valence electrons. The van der Waals surface area contributed by atoms with E-state index < -0.39 is 0 Å². The Kier molecular flexibility index (Phi) is 4.00. The van der Waals surface area contributed by atoms with Crippen LogP contribution >= 0.6 is 11.3 Å². The second-order valence-electron chi connectivity index (χ2n) is 5.28. The van der Waals surface area contributed by atoms with Crippen molar-refractivity contribution in [1.29, 1.82) is 0 Å². The molecular formula is C17H15FN2O2S. The van der Waals surface area contributed by atoms with Gasteiger partial charge in [-0.05, 0) is 19.1 Å². The number of aryl methyl sites for hydroxylation is 2. The number of pyridine rings is 1. The zero-order chi connectivity index (χ0) is 16.6. The molecule has 0 bridgehead atoms. The van der Waals surface area contributed by atoms with E-state index in [4.69, 9.17) is 0 Å². The topological polar surface area (TPSA) is 51.1 Å². The number of hydrogen-bond donors (Lipinski definition) is 1. The SMILES string of the molecule is Cc1sc2ccn(C)c(=O)c2c1C(=O)NCc1ccccc1F. The molecular weight excluding hydrogens is 315 g/mol. The molecule has 0 saturated heterocycles. The van der Waals surface area contributed by atoms with Crippen LogP contribution in [0.5, 0.6) is 0 Å². The van der Waals surface area contributed by atoms with Crippen molar-refractivity contribution in [3.05, 3.63) is 68.7 Å². The molecule has 0 unspecified atom stereocenters. The molecule has 0 aliphatic rings. The largest absolute Gasteiger partial charge is 0.348 e. The Labute approximate surface area is 136 Å². The summed E-state index contributed by atoms with van der Waals surface area (Å²) in [5.41, 5.74) is 0.580. The fourth-order valence-corrected chi connectivity index (χ4v) is 3.55. The number of benzene rings is 1. The van der Waals surface area contributed by atoms with Crippen LogP contribution in [0.1, 0.15) is 20.8 Å². The molecule has 1 aromatic carbocycles. The number of fused-ring (bicyclic) bond motifs is 1. The maximum absolute atomic E-state index is 13.6. The fourth-order valence-electron chi connectivity index (χ4n) is 2.50. The predicted octanol–water partition coefficient (Wildman–Crippen LogP) is 2.98. The van der Waals surface area contributed by atoms with E-state index in [1.165, 1.54) is 22.0 Å². The van der Waals surface area contributed by atoms with Gasteiger partial charge in [0.1, 0.15) is 5.82 Å². The van der Waals surface area contributed by atoms with Crippen molar-refractivity contribution in [2.45, 2.75) is 13.5 Å². The Bertz CT molecular complexity index is 959. The highest BCUT2D eigenvalue weighted by Gasteiger charge is 2.19. The smallest absolute Gasteiger partial charge is 0.259 e. The van der Waals surface area contributed by atoms with Gasteiger partial charge in [0.25, 0.3) is 11.5 Å². The van der Waals surface area contributed by atoms with E-state index in [1.807, 2.05) is 13.0 Å². The maximum Gasteiger partial charge on any atom is 0.259 e. The van der Waals surface area contributed by atoms with Gasteiger partial charge >= 0.3 is 0 Å². The van der Waals surface area contributed by atoms with Crippen LogP contribution in [0.3, 0.4) is 0 Å². The molecule has 3 aromatic rings. The summed E-state index contributed by atoms with van der Waals surface area (Å²) in [6, 6.07) is 8.10. The summed E-state index contributed by atoms with van der Waals surface area (Å²) in [6.45, 7) is 1.89. The number of amides is 1. The molecule has 1 amide bonds. The third-order valence-electron chi connectivity index (χ3n) is 3.72. The predicted molar refractivity (Wildman–Crippen MR) is 89.4 cm³/mol. The van der Waals surface area contributed by atoms with Gasteiger partial charge in [-0.3, -0.25) is 9.59 Å². The Hall–Kier alpha value is -2.47. The lowest BCUT2D eigenvalue weighted by Crippen LogP contribution is -2.26. The molecule has 0 aliphatic carbocycles. The number of carbonyl (C=O) groups is 1. The first-order valence-electron chi connectivity index (χ1n) is 7.09. The number of rotatable bonds is 3. The number of nitrogens with one attached hydrogen (secondary N) is 1. The number of hydrogen-bond acceptors (Lipinski definition) is 3. The molecule has 0 fully saturated rings. The van der Waals surface area contributed by atoms with Gasteiger partial charge in [0, 0.05) is 34.9 Å². The highest BCUT2D eigenvalue weighted by atomic mass is 32.1. The minimum atomic E-state index is -0.365. The van der Waals surface area contributed by atoms with Gasteiger partial charge < -0.3 is 9.88 Å². The molecule has 0 saturated carbocycles. The summed E-state index contributed by atoms with van der Waals surface area (Å²) >= 11 is 1.41. The van der Waals surface area contributed by atoms with Crippen molar-refractivity contribution in [3.63, 3.8) is 0 Å². The van der Waals surface area contributed by atoms with Crippen molar-refractivity contribution in [2.75, 3.05) is 0 Å². The second-order valence-corrected chi connectivity index (χ2v) is 6.53. The first-order valence-corrected chi connectivity index (χ1v) is 7.91. The molecule has 2 aromatic heterocycles. The standard InChI is InChI=1S/C17H15FN2O2S/c1-10-14(15-13(23-10)7-8-20(2)17(15)22)16(21)19-9-11-5-3-4-6-12(11)18/h3-8H,9H2,1-2H3,(H,19,21). The zero-order valence-corrected chi connectivity index (χ0v) is 13.5. The summed E-state index contributed by atoms with van der Waals surface area (Å²) in [5.74, 6) is -0.726. The lowest BCUT2D eigenvalue weighted by Gasteiger charge is -2.07. The van der Waals surface area contributed by atoms with E-state index in [9.17, 15) is 14.0 Å². The molecule has 6 heteroatoms. The summed E-state index contributed by atoms with van der Waals surface area (Å²) in [5, 5.41) is 3.12. The van der Waals surface area contributed by atoms with Crippen LogP contribution in [0.4, 0.5) is 4.39 Å². The molecule has 4 nitrogen and oxygen atoms in total. The van der Waals surface area contributed by atoms with E-state index in [0.717, 1.165) is 9.58 Å². The van der Waals surface area contributed by atoms with Gasteiger partial charge in [-0.25, -0.2) is 4.39 Å². The second kappa shape index (κ2) is 5.96. The molecule has 0 radical (unpaired) electrons. The lowest BCUT2D eigenvalue weighted by atomic mass is 10.1. The number of nitrogens with zero attached hydrogens (tertiary/aromatic N) is 1. The number of carbonyl (C=O) groups excluding carboxylic acids is 1. The van der Waals surface area contributed by atoms with E-state index in [2.05, 4.69) is 5.32 Å². The molecule has 1 N–H and O–H groups in total. The monoisotopic (exact) mass is 330 g/mol. The summed E-state index contributed by atoms with van der Waals surface area (Å²) in [6.07, 6.45) is 1.68. The van der Waals surface area contributed by atoms with E-state index in [-0.39, 0.29) is 23.8 Å². The van der Waals surface area contributed by atoms with Crippen LogP contribution in [0, 0.1) is 12.7 Å². The van der Waals surface area contributed by atoms with Crippen LogP contribution < -0.4 is 10.9 Å². The van der Waals surface area contributed by atoms with Crippen molar-refractivity contribution in [2.24, 2.45) is 7.05 Å². The van der Waals surface area contributed by atoms with Crippen LogP contribution in [0.2, 0.25) is 0 Å². The minimum absolute atomic E-state index is 0.0788. The maximum atomic E-state index is 13.6. The summed E-state index contributed by atoms with van der Waals surface area (Å²) < 4.78 is 15.9. The lowest BCUT2D eigenvalue weighted by molar-refractivity contribution is 0.0952. The molecule has 23 heavy (non-hydrogen) atoms. The molecule has 0 aliphatic heterocycles. The number of thiophene rings is 1. The molecule has 0 spiro atoms. The highest BCUT2D eigenvalue weighted by molar-refractivity contribution is 7.19. The van der Waals surface area contributed by atoms with Crippen molar-refractivity contribution < 1.29 is 9.18 Å². The van der Waals surface area contributed by atoms with Crippen LogP contribution in [0.15, 0.2) is 41.3 Å². The Balaban J connectivity index is 1.95. The van der Waals surface area contributed by atoms with E-state index in [1.54, 1.807) is 31.4 Å². The summed E-state index contributed by atoms with van der Waals surface area (Å²) in [7, 11) is 1.65. The molecule has 0 atom stereocenters. The van der Waals surface area contributed by atoms with E-state index >= 15 is 0 Å². The van der Waals surface area contributed by atoms with Gasteiger partial charge in [-0.15, -0.1) is 11.3 Å². The number of halogens is 1. The summed E-state index contributed by atoms with van der Waals surface area (Å²) in [4.78, 5) is 25.6. The van der Waals surface area contributed by atoms with Crippen molar-refractivity contribution in [1.82, 2.24) is 9.88 Å². The molecule has 3 rings (SSSR count).